The summed E-state index contributed by atoms with van der Waals surface area (Å²) in [6.45, 7) is 3.29. The van der Waals surface area contributed by atoms with Gasteiger partial charge in [-0.1, -0.05) is 18.5 Å². The van der Waals surface area contributed by atoms with E-state index in [4.69, 9.17) is 11.6 Å². The molecule has 1 N–H and O–H groups in total. The van der Waals surface area contributed by atoms with Crippen molar-refractivity contribution in [3.05, 3.63) is 40.7 Å². The Morgan fingerprint density at radius 3 is 2.58 bits per heavy atom. The molecular weight excluding hydrogens is 364 g/mol. The molecular formula is C17H21ClN2O2S2. The van der Waals surface area contributed by atoms with Crippen molar-refractivity contribution in [1.82, 2.24) is 0 Å². The minimum Gasteiger partial charge on any atom is -0.369 e. The number of anilines is 2. The Balaban J connectivity index is 1.75. The zero-order valence-electron chi connectivity index (χ0n) is 13.5. The number of benzene rings is 1. The summed E-state index contributed by atoms with van der Waals surface area (Å²) in [6, 6.07) is 11.3. The van der Waals surface area contributed by atoms with E-state index in [2.05, 4.69) is 16.5 Å². The van der Waals surface area contributed by atoms with Crippen LogP contribution in [-0.2, 0) is 10.0 Å². The van der Waals surface area contributed by atoms with Crippen LogP contribution in [0.3, 0.4) is 0 Å². The van der Waals surface area contributed by atoms with E-state index in [1.165, 1.54) is 25.3 Å². The summed E-state index contributed by atoms with van der Waals surface area (Å²) in [4.78, 5) is 2.43. The number of thiophene rings is 1. The molecule has 1 unspecified atom stereocenters. The van der Waals surface area contributed by atoms with Crippen LogP contribution in [0, 0.1) is 0 Å². The first-order valence-electron chi connectivity index (χ1n) is 8.14. The highest BCUT2D eigenvalue weighted by molar-refractivity contribution is 7.94. The Labute approximate surface area is 152 Å². The highest BCUT2D eigenvalue weighted by Gasteiger charge is 2.21. The van der Waals surface area contributed by atoms with Crippen LogP contribution in [0.25, 0.3) is 0 Å². The first-order chi connectivity index (χ1) is 11.5. The van der Waals surface area contributed by atoms with Gasteiger partial charge < -0.3 is 4.90 Å². The van der Waals surface area contributed by atoms with Crippen molar-refractivity contribution in [1.29, 1.82) is 0 Å². The van der Waals surface area contributed by atoms with Gasteiger partial charge in [0.15, 0.2) is 0 Å². The summed E-state index contributed by atoms with van der Waals surface area (Å²) in [7, 11) is -3.58. The fraction of sp³-hybridized carbons (Fsp3) is 0.412. The van der Waals surface area contributed by atoms with Crippen LogP contribution in [0.4, 0.5) is 11.4 Å². The number of hydrogen-bond donors (Lipinski definition) is 1. The second-order valence-corrected chi connectivity index (χ2v) is 9.59. The molecule has 0 aliphatic carbocycles. The maximum Gasteiger partial charge on any atom is 0.271 e. The van der Waals surface area contributed by atoms with Gasteiger partial charge in [0.2, 0.25) is 0 Å². The normalized spacial score (nSPS) is 18.6. The SMILES string of the molecule is CCC1CCCCN1c1ccc(NS(=O)(=O)c2ccc(Cl)s2)cc1. The highest BCUT2D eigenvalue weighted by Crippen LogP contribution is 2.30. The molecule has 2 aromatic rings. The molecule has 24 heavy (non-hydrogen) atoms. The molecule has 2 heterocycles. The molecule has 1 aliphatic heterocycles. The molecule has 0 bridgehead atoms. The molecule has 4 nitrogen and oxygen atoms in total. The molecule has 7 heteroatoms. The monoisotopic (exact) mass is 384 g/mol. The van der Waals surface area contributed by atoms with Crippen molar-refractivity contribution < 1.29 is 8.42 Å². The quantitative estimate of drug-likeness (QED) is 0.791. The Hall–Kier alpha value is -1.24. The number of piperidine rings is 1. The van der Waals surface area contributed by atoms with Crippen molar-refractivity contribution in [3.63, 3.8) is 0 Å². The van der Waals surface area contributed by atoms with Gasteiger partial charge in [0.1, 0.15) is 4.21 Å². The second-order valence-electron chi connectivity index (χ2n) is 5.96. The number of nitrogens with zero attached hydrogens (tertiary/aromatic N) is 1. The van der Waals surface area contributed by atoms with E-state index in [-0.39, 0.29) is 4.21 Å². The van der Waals surface area contributed by atoms with Gasteiger partial charge in [0.25, 0.3) is 10.0 Å². The smallest absolute Gasteiger partial charge is 0.271 e. The zero-order valence-corrected chi connectivity index (χ0v) is 15.9. The number of hydrogen-bond acceptors (Lipinski definition) is 4. The molecule has 3 rings (SSSR count). The Kier molecular flexibility index (Phi) is 5.37. The summed E-state index contributed by atoms with van der Waals surface area (Å²) in [5.41, 5.74) is 1.72. The maximum absolute atomic E-state index is 12.3. The van der Waals surface area contributed by atoms with Gasteiger partial charge in [-0.05, 0) is 62.1 Å². The third kappa shape index (κ3) is 3.87. The van der Waals surface area contributed by atoms with Crippen molar-refractivity contribution in [2.45, 2.75) is 42.9 Å². The lowest BCUT2D eigenvalue weighted by Gasteiger charge is -2.37. The average Bonchev–Trinajstić information content (AvgIpc) is 3.03. The van der Waals surface area contributed by atoms with Crippen LogP contribution in [0.15, 0.2) is 40.6 Å². The summed E-state index contributed by atoms with van der Waals surface area (Å²) < 4.78 is 27.9. The van der Waals surface area contributed by atoms with E-state index >= 15 is 0 Å². The largest absolute Gasteiger partial charge is 0.369 e. The summed E-state index contributed by atoms with van der Waals surface area (Å²) in [5, 5.41) is 0. The van der Waals surface area contributed by atoms with Gasteiger partial charge in [-0.15, -0.1) is 11.3 Å². The number of nitrogens with one attached hydrogen (secondary N) is 1. The van der Waals surface area contributed by atoms with Gasteiger partial charge in [-0.3, -0.25) is 4.72 Å². The predicted molar refractivity (Wildman–Crippen MR) is 102 cm³/mol. The Bertz CT molecular complexity index is 787. The molecule has 0 saturated carbocycles. The van der Waals surface area contributed by atoms with E-state index in [0.29, 0.717) is 16.1 Å². The molecule has 1 aromatic carbocycles. The molecule has 1 atom stereocenters. The predicted octanol–water partition coefficient (Wildman–Crippen LogP) is 4.97. The molecule has 1 saturated heterocycles. The lowest BCUT2D eigenvalue weighted by atomic mass is 9.99. The van der Waals surface area contributed by atoms with E-state index in [9.17, 15) is 8.42 Å². The number of rotatable bonds is 5. The maximum atomic E-state index is 12.3. The van der Waals surface area contributed by atoms with Crippen molar-refractivity contribution in [2.24, 2.45) is 0 Å². The average molecular weight is 385 g/mol. The molecule has 0 amide bonds. The molecule has 1 aliphatic rings. The second kappa shape index (κ2) is 7.33. The van der Waals surface area contributed by atoms with E-state index < -0.39 is 10.0 Å². The zero-order chi connectivity index (χ0) is 17.2. The fourth-order valence-electron chi connectivity index (χ4n) is 3.13. The lowest BCUT2D eigenvalue weighted by molar-refractivity contribution is 0.450. The Morgan fingerprint density at radius 1 is 1.21 bits per heavy atom. The summed E-state index contributed by atoms with van der Waals surface area (Å²) >= 11 is 6.87. The topological polar surface area (TPSA) is 49.4 Å². The minimum absolute atomic E-state index is 0.221. The van der Waals surface area contributed by atoms with Crippen LogP contribution in [0.5, 0.6) is 0 Å². The summed E-state index contributed by atoms with van der Waals surface area (Å²) in [6.07, 6.45) is 4.86. The van der Waals surface area contributed by atoms with Crippen LogP contribution in [-0.4, -0.2) is 21.0 Å². The van der Waals surface area contributed by atoms with Crippen LogP contribution in [0.2, 0.25) is 4.34 Å². The minimum atomic E-state index is -3.58. The molecule has 1 fully saturated rings. The van der Waals surface area contributed by atoms with Crippen molar-refractivity contribution in [3.8, 4) is 0 Å². The third-order valence-corrected chi connectivity index (χ3v) is 7.47. The van der Waals surface area contributed by atoms with Crippen molar-refractivity contribution >= 4 is 44.3 Å². The van der Waals surface area contributed by atoms with Gasteiger partial charge in [0, 0.05) is 24.0 Å². The van der Waals surface area contributed by atoms with Gasteiger partial charge in [-0.2, -0.15) is 0 Å². The fourth-order valence-corrected chi connectivity index (χ4v) is 5.67. The molecule has 130 valence electrons. The number of halogens is 1. The standard InChI is InChI=1S/C17H21ClN2O2S2/c1-2-14-5-3-4-12-20(14)15-8-6-13(7-9-15)19-24(21,22)17-11-10-16(18)23-17/h6-11,14,19H,2-5,12H2,1H3. The van der Waals surface area contributed by atoms with Crippen LogP contribution in [0.1, 0.15) is 32.6 Å². The molecule has 0 spiro atoms. The van der Waals surface area contributed by atoms with Gasteiger partial charge in [-0.25, -0.2) is 8.42 Å². The first-order valence-corrected chi connectivity index (χ1v) is 10.8. The van der Waals surface area contributed by atoms with Gasteiger partial charge >= 0.3 is 0 Å². The van der Waals surface area contributed by atoms with Gasteiger partial charge in [0.05, 0.1) is 4.34 Å². The molecule has 1 aromatic heterocycles. The highest BCUT2D eigenvalue weighted by atomic mass is 35.5. The molecule has 0 radical (unpaired) electrons. The van der Waals surface area contributed by atoms with E-state index in [1.807, 2.05) is 24.3 Å². The van der Waals surface area contributed by atoms with Crippen LogP contribution >= 0.6 is 22.9 Å². The number of sulfonamides is 1. The third-order valence-electron chi connectivity index (χ3n) is 4.36. The van der Waals surface area contributed by atoms with E-state index in [0.717, 1.165) is 30.0 Å². The van der Waals surface area contributed by atoms with Crippen LogP contribution < -0.4 is 9.62 Å². The van der Waals surface area contributed by atoms with E-state index in [1.54, 1.807) is 6.07 Å². The Morgan fingerprint density at radius 2 is 1.96 bits per heavy atom. The van der Waals surface area contributed by atoms with Crippen molar-refractivity contribution in [2.75, 3.05) is 16.2 Å². The lowest BCUT2D eigenvalue weighted by Crippen LogP contribution is -2.39. The summed E-state index contributed by atoms with van der Waals surface area (Å²) in [5.74, 6) is 0. The first kappa shape index (κ1) is 17.6.